The fourth-order valence-corrected chi connectivity index (χ4v) is 3.05. The summed E-state index contributed by atoms with van der Waals surface area (Å²) in [5, 5.41) is 14.2. The van der Waals surface area contributed by atoms with E-state index in [1.165, 1.54) is 18.6 Å². The van der Waals surface area contributed by atoms with Crippen LogP contribution in [0.25, 0.3) is 6.08 Å². The minimum Gasteiger partial charge on any atom is -0.487 e. The molecule has 2 unspecified atom stereocenters. The van der Waals surface area contributed by atoms with E-state index in [0.29, 0.717) is 18.1 Å². The van der Waals surface area contributed by atoms with Crippen LogP contribution in [-0.2, 0) is 4.79 Å². The van der Waals surface area contributed by atoms with Gasteiger partial charge in [0.25, 0.3) is 0 Å². The van der Waals surface area contributed by atoms with Crippen LogP contribution in [-0.4, -0.2) is 23.5 Å². The molecule has 1 aromatic rings. The summed E-state index contributed by atoms with van der Waals surface area (Å²) in [6, 6.07) is 4.93. The van der Waals surface area contributed by atoms with Crippen molar-refractivity contribution in [1.82, 2.24) is 5.32 Å². The lowest BCUT2D eigenvalue weighted by Crippen LogP contribution is -2.40. The molecule has 2 rings (SSSR count). The lowest BCUT2D eigenvalue weighted by molar-refractivity contribution is -0.385. The van der Waals surface area contributed by atoms with Crippen LogP contribution in [0.15, 0.2) is 24.3 Å². The van der Waals surface area contributed by atoms with E-state index >= 15 is 0 Å². The Morgan fingerprint density at radius 3 is 2.84 bits per heavy atom. The summed E-state index contributed by atoms with van der Waals surface area (Å²) < 4.78 is 5.40. The molecule has 0 radical (unpaired) electrons. The Kier molecular flexibility index (Phi) is 6.98. The van der Waals surface area contributed by atoms with Gasteiger partial charge in [0, 0.05) is 18.2 Å². The van der Waals surface area contributed by atoms with Crippen LogP contribution >= 0.6 is 0 Å². The van der Waals surface area contributed by atoms with Gasteiger partial charge in [0.2, 0.25) is 5.91 Å². The molecule has 0 spiro atoms. The summed E-state index contributed by atoms with van der Waals surface area (Å²) in [5.74, 6) is 0.583. The molecule has 1 aromatic carbocycles. The molecule has 1 fully saturated rings. The van der Waals surface area contributed by atoms with Crippen LogP contribution in [0.3, 0.4) is 0 Å². The first kappa shape index (κ1) is 19.0. The number of hydrogen-bond acceptors (Lipinski definition) is 4. The van der Waals surface area contributed by atoms with E-state index < -0.39 is 4.92 Å². The summed E-state index contributed by atoms with van der Waals surface area (Å²) in [5.41, 5.74) is 0.513. The number of amides is 1. The fourth-order valence-electron chi connectivity index (χ4n) is 3.05. The SMILES string of the molecule is CCCOc1ccc(/C=C/C(=O)NC2CCCCC2C)cc1[N+](=O)[O-]. The zero-order valence-electron chi connectivity index (χ0n) is 14.9. The highest BCUT2D eigenvalue weighted by Crippen LogP contribution is 2.28. The number of nitro benzene ring substituents is 1. The maximum absolute atomic E-state index is 12.1. The number of nitrogens with one attached hydrogen (secondary N) is 1. The second-order valence-electron chi connectivity index (χ2n) is 6.54. The largest absolute Gasteiger partial charge is 0.487 e. The average Bonchev–Trinajstić information content (AvgIpc) is 2.60. The Balaban J connectivity index is 2.03. The molecule has 0 aromatic heterocycles. The van der Waals surface area contributed by atoms with Gasteiger partial charge in [0.15, 0.2) is 5.75 Å². The number of hydrogen-bond donors (Lipinski definition) is 1. The Hall–Kier alpha value is -2.37. The first-order valence-electron chi connectivity index (χ1n) is 8.91. The molecule has 6 nitrogen and oxygen atoms in total. The molecule has 6 heteroatoms. The van der Waals surface area contributed by atoms with E-state index in [9.17, 15) is 14.9 Å². The van der Waals surface area contributed by atoms with Crippen molar-refractivity contribution in [3.05, 3.63) is 40.0 Å². The molecule has 0 bridgehead atoms. The smallest absolute Gasteiger partial charge is 0.311 e. The predicted molar refractivity (Wildman–Crippen MR) is 97.5 cm³/mol. The molecule has 1 aliphatic rings. The fraction of sp³-hybridized carbons (Fsp3) is 0.526. The van der Waals surface area contributed by atoms with Gasteiger partial charge in [-0.25, -0.2) is 0 Å². The minimum absolute atomic E-state index is 0.0862. The van der Waals surface area contributed by atoms with E-state index in [2.05, 4.69) is 12.2 Å². The van der Waals surface area contributed by atoms with Gasteiger partial charge >= 0.3 is 5.69 Å². The number of nitro groups is 1. The highest BCUT2D eigenvalue weighted by molar-refractivity contribution is 5.92. The van der Waals surface area contributed by atoms with Crippen LogP contribution in [0.4, 0.5) is 5.69 Å². The van der Waals surface area contributed by atoms with Crippen molar-refractivity contribution >= 4 is 17.7 Å². The molecule has 2 atom stereocenters. The van der Waals surface area contributed by atoms with Crippen molar-refractivity contribution in [3.63, 3.8) is 0 Å². The van der Waals surface area contributed by atoms with Crippen molar-refractivity contribution in [2.24, 2.45) is 5.92 Å². The number of ether oxygens (including phenoxy) is 1. The number of carbonyl (C=O) groups excluding carboxylic acids is 1. The molecule has 0 aliphatic heterocycles. The lowest BCUT2D eigenvalue weighted by Gasteiger charge is -2.29. The Morgan fingerprint density at radius 2 is 2.16 bits per heavy atom. The summed E-state index contributed by atoms with van der Waals surface area (Å²) in [4.78, 5) is 22.8. The molecule has 25 heavy (non-hydrogen) atoms. The Labute approximate surface area is 148 Å². The monoisotopic (exact) mass is 346 g/mol. The first-order valence-corrected chi connectivity index (χ1v) is 8.91. The summed E-state index contributed by atoms with van der Waals surface area (Å²) >= 11 is 0. The van der Waals surface area contributed by atoms with Gasteiger partial charge in [0.05, 0.1) is 11.5 Å². The second kappa shape index (κ2) is 9.20. The highest BCUT2D eigenvalue weighted by Gasteiger charge is 2.22. The van der Waals surface area contributed by atoms with E-state index in [1.807, 2.05) is 6.92 Å². The van der Waals surface area contributed by atoms with Gasteiger partial charge in [-0.15, -0.1) is 0 Å². The van der Waals surface area contributed by atoms with E-state index in [4.69, 9.17) is 4.74 Å². The van der Waals surface area contributed by atoms with Crippen LogP contribution < -0.4 is 10.1 Å². The third-order valence-electron chi connectivity index (χ3n) is 4.51. The number of rotatable bonds is 7. The van der Waals surface area contributed by atoms with Gasteiger partial charge in [-0.2, -0.15) is 0 Å². The third kappa shape index (κ3) is 5.59. The van der Waals surface area contributed by atoms with Crippen LogP contribution in [0.1, 0.15) is 51.5 Å². The van der Waals surface area contributed by atoms with Crippen molar-refractivity contribution in [1.29, 1.82) is 0 Å². The van der Waals surface area contributed by atoms with Crippen molar-refractivity contribution in [3.8, 4) is 5.75 Å². The Bertz CT molecular complexity index is 642. The number of nitrogens with zero attached hydrogens (tertiary/aromatic N) is 1. The summed E-state index contributed by atoms with van der Waals surface area (Å²) in [7, 11) is 0. The molecule has 0 heterocycles. The highest BCUT2D eigenvalue weighted by atomic mass is 16.6. The molecule has 0 saturated heterocycles. The second-order valence-corrected chi connectivity index (χ2v) is 6.54. The molecule has 1 N–H and O–H groups in total. The molecular weight excluding hydrogens is 320 g/mol. The maximum atomic E-state index is 12.1. The molecule has 1 amide bonds. The number of carbonyl (C=O) groups is 1. The normalized spacial score (nSPS) is 20.4. The quantitative estimate of drug-likeness (QED) is 0.458. The van der Waals surface area contributed by atoms with Gasteiger partial charge < -0.3 is 10.1 Å². The molecule has 136 valence electrons. The van der Waals surface area contributed by atoms with Crippen molar-refractivity contribution < 1.29 is 14.5 Å². The molecular formula is C19H26N2O4. The van der Waals surface area contributed by atoms with Crippen molar-refractivity contribution in [2.75, 3.05) is 6.61 Å². The third-order valence-corrected chi connectivity index (χ3v) is 4.51. The van der Waals surface area contributed by atoms with Gasteiger partial charge in [0.1, 0.15) is 0 Å². The predicted octanol–water partition coefficient (Wildman–Crippen LogP) is 4.09. The zero-order valence-corrected chi connectivity index (χ0v) is 14.9. The maximum Gasteiger partial charge on any atom is 0.311 e. The summed E-state index contributed by atoms with van der Waals surface area (Å²) in [6.45, 7) is 4.53. The van der Waals surface area contributed by atoms with Crippen LogP contribution in [0, 0.1) is 16.0 Å². The van der Waals surface area contributed by atoms with Crippen LogP contribution in [0.2, 0.25) is 0 Å². The minimum atomic E-state index is -0.466. The standard InChI is InChI=1S/C19H26N2O4/c1-3-12-25-18-10-8-15(13-17(18)21(23)24)9-11-19(22)20-16-7-5-4-6-14(16)2/h8-11,13-14,16H,3-7,12H2,1-2H3,(H,20,22)/b11-9+. The summed E-state index contributed by atoms with van der Waals surface area (Å²) in [6.07, 6.45) is 8.32. The first-order chi connectivity index (χ1) is 12.0. The Morgan fingerprint density at radius 1 is 1.40 bits per heavy atom. The van der Waals surface area contributed by atoms with E-state index in [-0.39, 0.29) is 23.4 Å². The number of benzene rings is 1. The van der Waals surface area contributed by atoms with Gasteiger partial charge in [-0.1, -0.05) is 32.8 Å². The van der Waals surface area contributed by atoms with Gasteiger partial charge in [-0.3, -0.25) is 14.9 Å². The van der Waals surface area contributed by atoms with Crippen molar-refractivity contribution in [2.45, 2.75) is 52.0 Å². The molecule has 1 aliphatic carbocycles. The van der Waals surface area contributed by atoms with Crippen LogP contribution in [0.5, 0.6) is 5.75 Å². The topological polar surface area (TPSA) is 81.5 Å². The van der Waals surface area contributed by atoms with Gasteiger partial charge in [-0.05, 0) is 42.9 Å². The van der Waals surface area contributed by atoms with E-state index in [1.54, 1.807) is 18.2 Å². The van der Waals surface area contributed by atoms with E-state index in [0.717, 1.165) is 25.7 Å². The average molecular weight is 346 g/mol. The molecule has 1 saturated carbocycles. The zero-order chi connectivity index (χ0) is 18.2. The lowest BCUT2D eigenvalue weighted by atomic mass is 9.86.